The Kier molecular flexibility index (Phi) is 3.66. The molecule has 0 fully saturated rings. The van der Waals surface area contributed by atoms with Crippen LogP contribution in [-0.2, 0) is 6.54 Å². The predicted molar refractivity (Wildman–Crippen MR) is 90.9 cm³/mol. The van der Waals surface area contributed by atoms with E-state index in [1.165, 1.54) is 15.3 Å². The van der Waals surface area contributed by atoms with Crippen molar-refractivity contribution >= 4 is 28.2 Å². The van der Waals surface area contributed by atoms with Gasteiger partial charge in [0.25, 0.3) is 0 Å². The first kappa shape index (κ1) is 15.6. The summed E-state index contributed by atoms with van der Waals surface area (Å²) in [5, 5.41) is 24.1. The van der Waals surface area contributed by atoms with Crippen LogP contribution in [0.5, 0.6) is 0 Å². The fourth-order valence-electron chi connectivity index (χ4n) is 2.81. The van der Waals surface area contributed by atoms with E-state index in [4.69, 9.17) is 22.4 Å². The Hall–Kier alpha value is -2.91. The summed E-state index contributed by atoms with van der Waals surface area (Å²) in [5.74, 6) is -0.217. The Morgan fingerprint density at radius 2 is 2.20 bits per heavy atom. The summed E-state index contributed by atoms with van der Waals surface area (Å²) in [6.45, 7) is 0.203. The van der Waals surface area contributed by atoms with Crippen molar-refractivity contribution in [2.45, 2.75) is 6.54 Å². The molecule has 0 saturated heterocycles. The largest absolute Gasteiger partial charge is 0.398 e. The Morgan fingerprint density at radius 3 is 2.92 bits per heavy atom. The van der Waals surface area contributed by atoms with Gasteiger partial charge >= 0.3 is 0 Å². The highest BCUT2D eigenvalue weighted by Gasteiger charge is 2.21. The SMILES string of the molecule is Nc1cc(Cl)c(F)c2c1c(-c1cn[nH]c1)cn2-c1cn(CCO)nn1. The maximum absolute atomic E-state index is 14.8. The number of aliphatic hydroxyl groups excluding tert-OH is 1. The molecule has 0 aliphatic rings. The summed E-state index contributed by atoms with van der Waals surface area (Å²) in [6.07, 6.45) is 6.62. The molecule has 128 valence electrons. The lowest BCUT2D eigenvalue weighted by Crippen LogP contribution is -2.02. The summed E-state index contributed by atoms with van der Waals surface area (Å²) >= 11 is 5.98. The van der Waals surface area contributed by atoms with Crippen molar-refractivity contribution in [2.24, 2.45) is 0 Å². The molecule has 10 heteroatoms. The van der Waals surface area contributed by atoms with Gasteiger partial charge in [0.1, 0.15) is 0 Å². The van der Waals surface area contributed by atoms with Crippen LogP contribution in [0, 0.1) is 5.82 Å². The number of nitrogens with zero attached hydrogens (tertiary/aromatic N) is 5. The number of nitrogens with two attached hydrogens (primary N) is 1. The molecule has 0 unspecified atom stereocenters. The fourth-order valence-corrected chi connectivity index (χ4v) is 3.01. The van der Waals surface area contributed by atoms with Crippen LogP contribution in [-0.4, -0.2) is 41.5 Å². The lowest BCUT2D eigenvalue weighted by atomic mass is 10.1. The number of nitrogens with one attached hydrogen (secondary N) is 1. The lowest BCUT2D eigenvalue weighted by molar-refractivity contribution is 0.268. The van der Waals surface area contributed by atoms with Gasteiger partial charge < -0.3 is 10.8 Å². The first-order valence-electron chi connectivity index (χ1n) is 7.39. The molecule has 4 rings (SSSR count). The van der Waals surface area contributed by atoms with Gasteiger partial charge in [-0.05, 0) is 6.07 Å². The van der Waals surface area contributed by atoms with Gasteiger partial charge in [-0.1, -0.05) is 16.8 Å². The fraction of sp³-hybridized carbons (Fsp3) is 0.133. The van der Waals surface area contributed by atoms with Crippen LogP contribution in [0.3, 0.4) is 0 Å². The number of nitrogen functional groups attached to an aromatic ring is 1. The van der Waals surface area contributed by atoms with Gasteiger partial charge in [0.15, 0.2) is 11.6 Å². The van der Waals surface area contributed by atoms with Crippen molar-refractivity contribution in [2.75, 3.05) is 12.3 Å². The average molecular weight is 362 g/mol. The molecule has 3 aromatic heterocycles. The molecule has 4 aromatic rings. The van der Waals surface area contributed by atoms with E-state index in [0.717, 1.165) is 5.56 Å². The van der Waals surface area contributed by atoms with Gasteiger partial charge in [0.2, 0.25) is 0 Å². The highest BCUT2D eigenvalue weighted by molar-refractivity contribution is 6.32. The number of hydrogen-bond donors (Lipinski definition) is 3. The minimum atomic E-state index is -0.600. The van der Waals surface area contributed by atoms with Gasteiger partial charge in [0, 0.05) is 34.6 Å². The zero-order chi connectivity index (χ0) is 17.6. The van der Waals surface area contributed by atoms with E-state index in [0.29, 0.717) is 22.5 Å². The normalized spacial score (nSPS) is 11.5. The predicted octanol–water partition coefficient (Wildman–Crippen LogP) is 1.98. The summed E-state index contributed by atoms with van der Waals surface area (Å²) in [4.78, 5) is 0. The van der Waals surface area contributed by atoms with Gasteiger partial charge in [-0.25, -0.2) is 9.07 Å². The van der Waals surface area contributed by atoms with Crippen molar-refractivity contribution in [3.05, 3.63) is 41.7 Å². The first-order chi connectivity index (χ1) is 12.1. The first-order valence-corrected chi connectivity index (χ1v) is 7.77. The standard InChI is InChI=1S/C15H13ClFN7O/c16-10-3-11(18)13-9(8-4-19-20-5-8)6-24(15(13)14(10)17)12-7-23(1-2-25)22-21-12/h3-7,25H,1-2,18H2,(H,19,20). The molecular weight excluding hydrogens is 349 g/mol. The summed E-state index contributed by atoms with van der Waals surface area (Å²) in [7, 11) is 0. The number of H-pyrrole nitrogens is 1. The van der Waals surface area contributed by atoms with Crippen LogP contribution in [0.2, 0.25) is 5.02 Å². The monoisotopic (exact) mass is 361 g/mol. The summed E-state index contributed by atoms with van der Waals surface area (Å²) in [5.41, 5.74) is 8.10. The maximum Gasteiger partial charge on any atom is 0.179 e. The molecule has 1 aromatic carbocycles. The van der Waals surface area contributed by atoms with Crippen molar-refractivity contribution in [3.8, 4) is 16.9 Å². The van der Waals surface area contributed by atoms with Crippen LogP contribution < -0.4 is 5.73 Å². The third-order valence-corrected chi connectivity index (χ3v) is 4.18. The number of fused-ring (bicyclic) bond motifs is 1. The Labute approximate surface area is 145 Å². The van der Waals surface area contributed by atoms with E-state index in [1.54, 1.807) is 24.8 Å². The van der Waals surface area contributed by atoms with E-state index >= 15 is 0 Å². The van der Waals surface area contributed by atoms with E-state index < -0.39 is 5.82 Å². The highest BCUT2D eigenvalue weighted by Crippen LogP contribution is 2.39. The molecule has 0 amide bonds. The summed E-state index contributed by atoms with van der Waals surface area (Å²) in [6, 6.07) is 1.38. The van der Waals surface area contributed by atoms with Crippen LogP contribution in [0.1, 0.15) is 0 Å². The van der Waals surface area contributed by atoms with Crippen LogP contribution >= 0.6 is 11.6 Å². The second-order valence-corrected chi connectivity index (χ2v) is 5.86. The Morgan fingerprint density at radius 1 is 1.36 bits per heavy atom. The number of hydrogen-bond acceptors (Lipinski definition) is 5. The second kappa shape index (κ2) is 5.87. The third-order valence-electron chi connectivity index (χ3n) is 3.91. The molecule has 8 nitrogen and oxygen atoms in total. The molecule has 0 aliphatic heterocycles. The van der Waals surface area contributed by atoms with Crippen molar-refractivity contribution in [3.63, 3.8) is 0 Å². The molecule has 4 N–H and O–H groups in total. The number of benzene rings is 1. The number of aromatic nitrogens is 6. The van der Waals surface area contributed by atoms with Crippen molar-refractivity contribution < 1.29 is 9.50 Å². The van der Waals surface area contributed by atoms with Gasteiger partial charge in [-0.15, -0.1) is 5.10 Å². The molecule has 0 spiro atoms. The molecule has 3 heterocycles. The van der Waals surface area contributed by atoms with Crippen molar-refractivity contribution in [1.82, 2.24) is 29.8 Å². The van der Waals surface area contributed by atoms with Crippen molar-refractivity contribution in [1.29, 1.82) is 0 Å². The number of aliphatic hydroxyl groups is 1. The van der Waals surface area contributed by atoms with Crippen LogP contribution in [0.25, 0.3) is 27.8 Å². The highest BCUT2D eigenvalue weighted by atomic mass is 35.5. The zero-order valence-corrected chi connectivity index (χ0v) is 13.6. The maximum atomic E-state index is 14.8. The number of rotatable bonds is 4. The van der Waals surface area contributed by atoms with E-state index in [1.807, 2.05) is 0 Å². The zero-order valence-electron chi connectivity index (χ0n) is 12.8. The second-order valence-electron chi connectivity index (χ2n) is 5.45. The van der Waals surface area contributed by atoms with Gasteiger partial charge in [-0.2, -0.15) is 5.10 Å². The average Bonchev–Trinajstić information content (AvgIpc) is 3.31. The van der Waals surface area contributed by atoms with Gasteiger partial charge in [0.05, 0.1) is 36.1 Å². The summed E-state index contributed by atoms with van der Waals surface area (Å²) < 4.78 is 17.8. The Bertz CT molecular complexity index is 1050. The quantitative estimate of drug-likeness (QED) is 0.481. The van der Waals surface area contributed by atoms with E-state index in [9.17, 15) is 4.39 Å². The lowest BCUT2D eigenvalue weighted by Gasteiger charge is -2.05. The third kappa shape index (κ3) is 2.44. The van der Waals surface area contributed by atoms with E-state index in [2.05, 4.69) is 20.5 Å². The minimum absolute atomic E-state index is 0.0779. The molecular formula is C15H13ClFN7O. The Balaban J connectivity index is 2.03. The van der Waals surface area contributed by atoms with Crippen LogP contribution in [0.4, 0.5) is 10.1 Å². The number of halogens is 2. The molecule has 0 atom stereocenters. The van der Waals surface area contributed by atoms with Crippen LogP contribution in [0.15, 0.2) is 30.9 Å². The van der Waals surface area contributed by atoms with Gasteiger partial charge in [-0.3, -0.25) is 9.67 Å². The smallest absolute Gasteiger partial charge is 0.179 e. The number of anilines is 1. The molecule has 0 bridgehead atoms. The minimum Gasteiger partial charge on any atom is -0.398 e. The van der Waals surface area contributed by atoms with E-state index in [-0.39, 0.29) is 23.7 Å². The molecule has 0 aliphatic carbocycles. The topological polar surface area (TPSA) is 111 Å². The number of aromatic amines is 1. The molecule has 25 heavy (non-hydrogen) atoms. The molecule has 0 saturated carbocycles. The molecule has 0 radical (unpaired) electrons.